The van der Waals surface area contributed by atoms with Gasteiger partial charge in [0.25, 0.3) is 0 Å². The van der Waals surface area contributed by atoms with Gasteiger partial charge in [-0.25, -0.2) is 0 Å². The summed E-state index contributed by atoms with van der Waals surface area (Å²) in [6.45, 7) is 4.21. The van der Waals surface area contributed by atoms with Gasteiger partial charge in [0, 0.05) is 23.0 Å². The van der Waals surface area contributed by atoms with Crippen LogP contribution in [0.15, 0.2) is 243 Å². The second-order valence-corrected chi connectivity index (χ2v) is 17.2. The molecule has 0 aliphatic carbocycles. The molecule has 0 radical (unpaired) electrons. The smallest absolute Gasteiger partial charge is 0.119 e. The first-order valence-corrected chi connectivity index (χ1v) is 23.1. The van der Waals surface area contributed by atoms with E-state index in [1.165, 1.54) is 22.3 Å². The summed E-state index contributed by atoms with van der Waals surface area (Å²) in [5, 5.41) is 58.1. The van der Waals surface area contributed by atoms with Crippen LogP contribution in [0.5, 0.6) is 34.5 Å². The first kappa shape index (κ1) is 47.5. The molecule has 0 aliphatic heterocycles. The number of hydrogen-bond donors (Lipinski definition) is 6. The molecule has 10 aromatic rings. The van der Waals surface area contributed by atoms with E-state index in [2.05, 4.69) is 86.6 Å². The molecule has 0 heterocycles. The van der Waals surface area contributed by atoms with Crippen LogP contribution >= 0.6 is 0 Å². The Morgan fingerprint density at radius 2 is 0.443 bits per heavy atom. The highest BCUT2D eigenvalue weighted by molar-refractivity contribution is 5.70. The Morgan fingerprint density at radius 1 is 0.229 bits per heavy atom. The number of phenols is 6. The lowest BCUT2D eigenvalue weighted by Crippen LogP contribution is -1.97. The summed E-state index contributed by atoms with van der Waals surface area (Å²) in [5.41, 5.74) is 14.9. The van der Waals surface area contributed by atoms with E-state index < -0.39 is 0 Å². The highest BCUT2D eigenvalue weighted by atomic mass is 16.3. The van der Waals surface area contributed by atoms with E-state index in [1.807, 2.05) is 109 Å². The Kier molecular flexibility index (Phi) is 15.1. The summed E-state index contributed by atoms with van der Waals surface area (Å²) < 4.78 is 0. The van der Waals surface area contributed by atoms with Gasteiger partial charge < -0.3 is 30.6 Å². The first-order chi connectivity index (χ1) is 34.0. The normalized spacial score (nSPS) is 11.5. The van der Waals surface area contributed by atoms with Gasteiger partial charge in [-0.3, -0.25) is 0 Å². The molecule has 0 saturated heterocycles. The van der Waals surface area contributed by atoms with Crippen molar-refractivity contribution in [1.82, 2.24) is 0 Å². The van der Waals surface area contributed by atoms with Gasteiger partial charge in [-0.2, -0.15) is 0 Å². The van der Waals surface area contributed by atoms with Gasteiger partial charge in [-0.1, -0.05) is 184 Å². The van der Waals surface area contributed by atoms with Crippen molar-refractivity contribution in [2.45, 2.75) is 25.7 Å². The molecule has 0 saturated carbocycles. The maximum Gasteiger partial charge on any atom is 0.119 e. The van der Waals surface area contributed by atoms with E-state index in [9.17, 15) is 20.4 Å². The highest BCUT2D eigenvalue weighted by Gasteiger charge is 2.16. The predicted octanol–water partition coefficient (Wildman–Crippen LogP) is 15.9. The number of aromatic hydroxyl groups is 6. The first-order valence-electron chi connectivity index (χ1n) is 23.1. The summed E-state index contributed by atoms with van der Waals surface area (Å²) in [5.74, 6) is 1.71. The maximum atomic E-state index is 10.5. The molecule has 10 aromatic carbocycles. The molecular weight excluding hydrogens is 865 g/mol. The van der Waals surface area contributed by atoms with Crippen molar-refractivity contribution < 1.29 is 30.6 Å². The van der Waals surface area contributed by atoms with Crippen molar-refractivity contribution in [3.8, 4) is 90.1 Å². The van der Waals surface area contributed by atoms with E-state index in [4.69, 9.17) is 10.2 Å². The van der Waals surface area contributed by atoms with Crippen molar-refractivity contribution in [2.24, 2.45) is 0 Å². The quantitative estimate of drug-likeness (QED) is 0.0858. The monoisotopic (exact) mass is 918 g/mol. The SMILES string of the molecule is CC(c1ccc(-c2ccccc2)cc1)c1cc(-c2ccc(O)cc2)ccc1O.CC(c1ccc(-c2ccccc2)cc1)c1cc(-c2ccc(O)cc2)ccc1O.Oc1ccc(-c2ccc(O)cc2)cc1. The molecule has 10 rings (SSSR count). The zero-order chi connectivity index (χ0) is 49.0. The largest absolute Gasteiger partial charge is 0.508 e. The summed E-state index contributed by atoms with van der Waals surface area (Å²) in [4.78, 5) is 0. The molecule has 346 valence electrons. The molecular formula is C64H54O6. The summed E-state index contributed by atoms with van der Waals surface area (Å²) in [6, 6.07) is 77.1. The molecule has 6 heteroatoms. The molecule has 6 N–H and O–H groups in total. The lowest BCUT2D eigenvalue weighted by molar-refractivity contribution is 0.465. The second kappa shape index (κ2) is 22.2. The zero-order valence-electron chi connectivity index (χ0n) is 38.9. The van der Waals surface area contributed by atoms with Crippen LogP contribution in [-0.4, -0.2) is 30.6 Å². The van der Waals surface area contributed by atoms with Crippen LogP contribution in [0.3, 0.4) is 0 Å². The summed E-state index contributed by atoms with van der Waals surface area (Å²) in [6.07, 6.45) is 0. The van der Waals surface area contributed by atoms with Gasteiger partial charge in [-0.15, -0.1) is 0 Å². The van der Waals surface area contributed by atoms with Crippen LogP contribution < -0.4 is 0 Å². The molecule has 0 amide bonds. The minimum atomic E-state index is 0.0573. The van der Waals surface area contributed by atoms with Crippen LogP contribution in [-0.2, 0) is 0 Å². The molecule has 2 atom stereocenters. The zero-order valence-corrected chi connectivity index (χ0v) is 38.9. The lowest BCUT2D eigenvalue weighted by atomic mass is 9.89. The van der Waals surface area contributed by atoms with Gasteiger partial charge in [0.1, 0.15) is 34.5 Å². The third-order valence-electron chi connectivity index (χ3n) is 12.5. The third kappa shape index (κ3) is 11.9. The Morgan fingerprint density at radius 3 is 0.714 bits per heavy atom. The summed E-state index contributed by atoms with van der Waals surface area (Å²) >= 11 is 0. The van der Waals surface area contributed by atoms with Gasteiger partial charge >= 0.3 is 0 Å². The van der Waals surface area contributed by atoms with Crippen molar-refractivity contribution in [1.29, 1.82) is 0 Å². The molecule has 0 aliphatic rings. The van der Waals surface area contributed by atoms with Crippen molar-refractivity contribution in [3.63, 3.8) is 0 Å². The van der Waals surface area contributed by atoms with Crippen LogP contribution in [0.25, 0.3) is 55.6 Å². The molecule has 0 bridgehead atoms. The Bertz CT molecular complexity index is 3000. The molecule has 0 aromatic heterocycles. The number of benzene rings is 10. The van der Waals surface area contributed by atoms with E-state index >= 15 is 0 Å². The topological polar surface area (TPSA) is 121 Å². The van der Waals surface area contributed by atoms with Crippen LogP contribution in [0.2, 0.25) is 0 Å². The van der Waals surface area contributed by atoms with Crippen LogP contribution in [0.1, 0.15) is 47.9 Å². The number of rotatable bonds is 9. The van der Waals surface area contributed by atoms with Gasteiger partial charge in [0.15, 0.2) is 0 Å². The fourth-order valence-electron chi connectivity index (χ4n) is 8.33. The van der Waals surface area contributed by atoms with E-state index in [1.54, 1.807) is 60.7 Å². The van der Waals surface area contributed by atoms with Crippen molar-refractivity contribution >= 4 is 0 Å². The Hall–Kier alpha value is -9.00. The Labute approximate surface area is 409 Å². The van der Waals surface area contributed by atoms with E-state index in [0.29, 0.717) is 11.5 Å². The Balaban J connectivity index is 0.000000149. The third-order valence-corrected chi connectivity index (χ3v) is 12.5. The van der Waals surface area contributed by atoms with Gasteiger partial charge in [0.2, 0.25) is 0 Å². The molecule has 0 spiro atoms. The second-order valence-electron chi connectivity index (χ2n) is 17.2. The van der Waals surface area contributed by atoms with E-state index in [0.717, 1.165) is 55.6 Å². The maximum absolute atomic E-state index is 10.5. The molecule has 70 heavy (non-hydrogen) atoms. The fourth-order valence-corrected chi connectivity index (χ4v) is 8.33. The lowest BCUT2D eigenvalue weighted by Gasteiger charge is -2.16. The molecule has 6 nitrogen and oxygen atoms in total. The highest BCUT2D eigenvalue weighted by Crippen LogP contribution is 2.37. The van der Waals surface area contributed by atoms with Crippen molar-refractivity contribution in [2.75, 3.05) is 0 Å². The minimum Gasteiger partial charge on any atom is -0.508 e. The minimum absolute atomic E-state index is 0.0573. The van der Waals surface area contributed by atoms with Crippen LogP contribution in [0.4, 0.5) is 0 Å². The van der Waals surface area contributed by atoms with Gasteiger partial charge in [-0.05, 0) is 140 Å². The molecule has 0 fully saturated rings. The van der Waals surface area contributed by atoms with Crippen molar-refractivity contribution in [3.05, 3.63) is 265 Å². The standard InChI is InChI=1S/2C26H22O2.C12H10O2/c2*1-18(19-7-9-21(10-8-19)20-5-3-2-4-6-20)25-17-23(13-16-26(25)28)22-11-14-24(27)15-12-22;13-11-5-1-9(2-6-11)10-3-7-12(14)8-4-10/h2*2-18,27-28H,1H3;1-8,13-14H. The van der Waals surface area contributed by atoms with Crippen LogP contribution in [0, 0.1) is 0 Å². The van der Waals surface area contributed by atoms with E-state index in [-0.39, 0.29) is 34.8 Å². The average Bonchev–Trinajstić information content (AvgIpc) is 3.40. The molecule has 2 unspecified atom stereocenters. The van der Waals surface area contributed by atoms with Gasteiger partial charge in [0.05, 0.1) is 0 Å². The number of hydrogen-bond acceptors (Lipinski definition) is 6. The summed E-state index contributed by atoms with van der Waals surface area (Å²) in [7, 11) is 0. The average molecular weight is 919 g/mol. The number of phenolic OH excluding ortho intramolecular Hbond substituents is 6. The fraction of sp³-hybridized carbons (Fsp3) is 0.0625. The predicted molar refractivity (Wildman–Crippen MR) is 284 cm³/mol.